The molecule has 0 saturated heterocycles. The van der Waals surface area contributed by atoms with E-state index in [0.717, 1.165) is 5.56 Å². The number of hydrogen-bond donors (Lipinski definition) is 0. The normalized spacial score (nSPS) is 15.0. The molecule has 3 rings (SSSR count). The predicted octanol–water partition coefficient (Wildman–Crippen LogP) is 4.62. The highest BCUT2D eigenvalue weighted by Crippen LogP contribution is 2.35. The largest absolute Gasteiger partial charge is 0.497 e. The summed E-state index contributed by atoms with van der Waals surface area (Å²) in [5.74, 6) is 1.21. The van der Waals surface area contributed by atoms with Crippen LogP contribution in [0.25, 0.3) is 6.08 Å². The summed E-state index contributed by atoms with van der Waals surface area (Å²) in [7, 11) is 1.56. The van der Waals surface area contributed by atoms with Crippen molar-refractivity contribution < 1.29 is 14.3 Å². The summed E-state index contributed by atoms with van der Waals surface area (Å²) in [6.07, 6.45) is 1.64. The van der Waals surface area contributed by atoms with Crippen LogP contribution in [0.5, 0.6) is 11.5 Å². The number of methoxy groups -OCH3 is 1. The quantitative estimate of drug-likeness (QED) is 0.757. The van der Waals surface area contributed by atoms with Crippen LogP contribution in [0.2, 0.25) is 10.0 Å². The van der Waals surface area contributed by atoms with Gasteiger partial charge in [0.05, 0.1) is 22.7 Å². The lowest BCUT2D eigenvalue weighted by Crippen LogP contribution is -1.97. The van der Waals surface area contributed by atoms with Gasteiger partial charge >= 0.3 is 0 Å². The maximum absolute atomic E-state index is 12.3. The Morgan fingerprint density at radius 3 is 2.62 bits per heavy atom. The lowest BCUT2D eigenvalue weighted by molar-refractivity contribution is 0.101. The van der Waals surface area contributed by atoms with Crippen LogP contribution in [-0.4, -0.2) is 12.9 Å². The first kappa shape index (κ1) is 14.0. The van der Waals surface area contributed by atoms with E-state index in [2.05, 4.69) is 0 Å². The molecule has 0 bridgehead atoms. The molecule has 2 aromatic carbocycles. The summed E-state index contributed by atoms with van der Waals surface area (Å²) in [6, 6.07) is 10.2. The summed E-state index contributed by atoms with van der Waals surface area (Å²) in [4.78, 5) is 12.3. The van der Waals surface area contributed by atoms with E-state index < -0.39 is 0 Å². The first-order valence-electron chi connectivity index (χ1n) is 6.16. The number of allylic oxidation sites excluding steroid dienone is 1. The molecule has 5 heteroatoms. The molecule has 0 aliphatic carbocycles. The third-order valence-corrected chi connectivity index (χ3v) is 3.86. The maximum atomic E-state index is 12.3. The van der Waals surface area contributed by atoms with Gasteiger partial charge in [-0.15, -0.1) is 0 Å². The van der Waals surface area contributed by atoms with Gasteiger partial charge in [-0.05, 0) is 35.9 Å². The molecule has 1 heterocycles. The smallest absolute Gasteiger partial charge is 0.231 e. The first-order chi connectivity index (χ1) is 10.1. The van der Waals surface area contributed by atoms with Gasteiger partial charge in [-0.2, -0.15) is 0 Å². The summed E-state index contributed by atoms with van der Waals surface area (Å²) < 4.78 is 10.7. The number of halogens is 2. The van der Waals surface area contributed by atoms with E-state index in [4.69, 9.17) is 32.7 Å². The molecule has 0 N–H and O–H groups in total. The van der Waals surface area contributed by atoms with E-state index in [1.165, 1.54) is 0 Å². The second-order valence-electron chi connectivity index (χ2n) is 4.48. The first-order valence-corrected chi connectivity index (χ1v) is 6.91. The van der Waals surface area contributed by atoms with Crippen LogP contribution >= 0.6 is 23.2 Å². The van der Waals surface area contributed by atoms with Gasteiger partial charge in [0.15, 0.2) is 5.76 Å². The van der Waals surface area contributed by atoms with Gasteiger partial charge in [-0.1, -0.05) is 29.3 Å². The minimum Gasteiger partial charge on any atom is -0.497 e. The SMILES string of the molecule is COc1ccc2c(c1)OC(=Cc1ccc(Cl)c(Cl)c1)C2=O. The van der Waals surface area contributed by atoms with E-state index in [1.54, 1.807) is 49.6 Å². The Labute approximate surface area is 131 Å². The van der Waals surface area contributed by atoms with E-state index in [-0.39, 0.29) is 11.5 Å². The number of ether oxygens (including phenoxy) is 2. The molecule has 0 amide bonds. The number of hydrogen-bond acceptors (Lipinski definition) is 3. The summed E-state index contributed by atoms with van der Waals surface area (Å²) in [5, 5.41) is 0.890. The van der Waals surface area contributed by atoms with E-state index in [9.17, 15) is 4.79 Å². The van der Waals surface area contributed by atoms with Gasteiger partial charge in [0.1, 0.15) is 11.5 Å². The fourth-order valence-electron chi connectivity index (χ4n) is 2.05. The lowest BCUT2D eigenvalue weighted by Gasteiger charge is -2.02. The summed E-state index contributed by atoms with van der Waals surface area (Å²) in [5.41, 5.74) is 1.26. The fourth-order valence-corrected chi connectivity index (χ4v) is 2.35. The van der Waals surface area contributed by atoms with Crippen LogP contribution in [0.1, 0.15) is 15.9 Å². The molecule has 2 aromatic rings. The Morgan fingerprint density at radius 1 is 1.10 bits per heavy atom. The molecule has 1 aliphatic heterocycles. The summed E-state index contributed by atoms with van der Waals surface area (Å²) >= 11 is 11.8. The molecule has 0 atom stereocenters. The maximum Gasteiger partial charge on any atom is 0.231 e. The highest BCUT2D eigenvalue weighted by atomic mass is 35.5. The van der Waals surface area contributed by atoms with Crippen LogP contribution < -0.4 is 9.47 Å². The van der Waals surface area contributed by atoms with Crippen molar-refractivity contribution in [2.24, 2.45) is 0 Å². The number of carbonyl (C=O) groups is 1. The van der Waals surface area contributed by atoms with Crippen LogP contribution in [0.4, 0.5) is 0 Å². The molecule has 0 unspecified atom stereocenters. The second-order valence-corrected chi connectivity index (χ2v) is 5.29. The van der Waals surface area contributed by atoms with Crippen molar-refractivity contribution in [3.8, 4) is 11.5 Å². The number of fused-ring (bicyclic) bond motifs is 1. The third kappa shape index (κ3) is 2.62. The van der Waals surface area contributed by atoms with Gasteiger partial charge < -0.3 is 9.47 Å². The molecule has 0 spiro atoms. The highest BCUT2D eigenvalue weighted by molar-refractivity contribution is 6.42. The second kappa shape index (κ2) is 5.43. The highest BCUT2D eigenvalue weighted by Gasteiger charge is 2.27. The molecular weight excluding hydrogens is 311 g/mol. The third-order valence-electron chi connectivity index (χ3n) is 3.12. The minimum absolute atomic E-state index is 0.168. The Bertz CT molecular complexity index is 766. The molecule has 3 nitrogen and oxygen atoms in total. The standard InChI is InChI=1S/C16H10Cl2O3/c1-20-10-3-4-11-14(8-10)21-15(16(11)19)7-9-2-5-12(17)13(18)6-9/h2-8H,1H3. The Hall–Kier alpha value is -1.97. The van der Waals surface area contributed by atoms with Crippen LogP contribution in [-0.2, 0) is 0 Å². The van der Waals surface area contributed by atoms with Gasteiger partial charge in [-0.25, -0.2) is 0 Å². The van der Waals surface area contributed by atoms with Gasteiger partial charge in [0.25, 0.3) is 0 Å². The van der Waals surface area contributed by atoms with Crippen molar-refractivity contribution in [1.29, 1.82) is 0 Å². The molecular formula is C16H10Cl2O3. The van der Waals surface area contributed by atoms with Crippen LogP contribution in [0.3, 0.4) is 0 Å². The van der Waals surface area contributed by atoms with E-state index in [1.807, 2.05) is 0 Å². The van der Waals surface area contributed by atoms with Crippen molar-refractivity contribution in [3.05, 3.63) is 63.3 Å². The van der Waals surface area contributed by atoms with Crippen molar-refractivity contribution in [2.75, 3.05) is 7.11 Å². The van der Waals surface area contributed by atoms with Gasteiger partial charge in [-0.3, -0.25) is 4.79 Å². The zero-order valence-electron chi connectivity index (χ0n) is 11.0. The topological polar surface area (TPSA) is 35.5 Å². The number of carbonyl (C=O) groups excluding carboxylic acids is 1. The molecule has 0 fully saturated rings. The molecule has 106 valence electrons. The number of rotatable bonds is 2. The monoisotopic (exact) mass is 320 g/mol. The van der Waals surface area contributed by atoms with Crippen LogP contribution in [0.15, 0.2) is 42.2 Å². The van der Waals surface area contributed by atoms with E-state index in [0.29, 0.717) is 27.1 Å². The molecule has 0 radical (unpaired) electrons. The van der Waals surface area contributed by atoms with E-state index >= 15 is 0 Å². The van der Waals surface area contributed by atoms with Crippen molar-refractivity contribution in [3.63, 3.8) is 0 Å². The van der Waals surface area contributed by atoms with Crippen molar-refractivity contribution in [2.45, 2.75) is 0 Å². The number of benzene rings is 2. The lowest BCUT2D eigenvalue weighted by atomic mass is 10.1. The van der Waals surface area contributed by atoms with Crippen molar-refractivity contribution >= 4 is 35.1 Å². The predicted molar refractivity (Wildman–Crippen MR) is 82.4 cm³/mol. The average Bonchev–Trinajstić information content (AvgIpc) is 2.79. The zero-order chi connectivity index (χ0) is 15.0. The molecule has 21 heavy (non-hydrogen) atoms. The number of Topliss-reactive ketones (excluding diaryl/α,β-unsaturated/α-hetero) is 1. The van der Waals surface area contributed by atoms with Crippen LogP contribution in [0, 0.1) is 0 Å². The minimum atomic E-state index is -0.168. The Morgan fingerprint density at radius 2 is 1.90 bits per heavy atom. The fraction of sp³-hybridized carbons (Fsp3) is 0.0625. The Balaban J connectivity index is 1.96. The van der Waals surface area contributed by atoms with Gasteiger partial charge in [0.2, 0.25) is 5.78 Å². The Kier molecular flexibility index (Phi) is 3.62. The molecule has 1 aliphatic rings. The molecule has 0 aromatic heterocycles. The van der Waals surface area contributed by atoms with Crippen molar-refractivity contribution in [1.82, 2.24) is 0 Å². The zero-order valence-corrected chi connectivity index (χ0v) is 12.5. The average molecular weight is 321 g/mol. The molecule has 0 saturated carbocycles. The van der Waals surface area contributed by atoms with Gasteiger partial charge in [0, 0.05) is 6.07 Å². The number of ketones is 1. The summed E-state index contributed by atoms with van der Waals surface area (Å²) in [6.45, 7) is 0.